The molecule has 1 fully saturated rings. The van der Waals surface area contributed by atoms with Gasteiger partial charge in [0.2, 0.25) is 0 Å². The summed E-state index contributed by atoms with van der Waals surface area (Å²) in [6.45, 7) is 5.65. The lowest BCUT2D eigenvalue weighted by atomic mass is 9.78. The molecule has 1 atom stereocenters. The molecule has 1 saturated carbocycles. The van der Waals surface area contributed by atoms with Crippen molar-refractivity contribution < 1.29 is 0 Å². The summed E-state index contributed by atoms with van der Waals surface area (Å²) in [7, 11) is 0. The van der Waals surface area contributed by atoms with Crippen molar-refractivity contribution in [1.82, 2.24) is 10.3 Å². The fourth-order valence-corrected chi connectivity index (χ4v) is 4.29. The molecule has 1 aromatic rings. The maximum atomic E-state index is 4.67. The minimum absolute atomic E-state index is 0.380. The summed E-state index contributed by atoms with van der Waals surface area (Å²) in [6, 6.07) is 2.49. The Morgan fingerprint density at radius 2 is 2.00 bits per heavy atom. The quantitative estimate of drug-likeness (QED) is 0.704. The van der Waals surface area contributed by atoms with Crippen LogP contribution in [0.2, 0.25) is 0 Å². The average molecular weight is 404 g/mol. The summed E-state index contributed by atoms with van der Waals surface area (Å²) < 4.78 is 2.14. The first-order chi connectivity index (χ1) is 9.61. The van der Waals surface area contributed by atoms with E-state index in [1.165, 1.54) is 31.4 Å². The van der Waals surface area contributed by atoms with E-state index in [2.05, 4.69) is 62.1 Å². The van der Waals surface area contributed by atoms with Gasteiger partial charge in [-0.1, -0.05) is 26.7 Å². The van der Waals surface area contributed by atoms with Gasteiger partial charge in [-0.15, -0.1) is 0 Å². The van der Waals surface area contributed by atoms with E-state index in [0.29, 0.717) is 12.0 Å². The molecular weight excluding hydrogens is 380 g/mol. The first kappa shape index (κ1) is 16.4. The molecule has 2 rings (SSSR count). The van der Waals surface area contributed by atoms with Crippen molar-refractivity contribution in [3.8, 4) is 0 Å². The predicted molar refractivity (Wildman–Crippen MR) is 91.8 cm³/mol. The molecule has 0 radical (unpaired) electrons. The molecule has 1 aliphatic carbocycles. The van der Waals surface area contributed by atoms with Crippen LogP contribution in [0.4, 0.5) is 0 Å². The summed E-state index contributed by atoms with van der Waals surface area (Å²) in [5.74, 6) is 1.60. The van der Waals surface area contributed by atoms with Crippen LogP contribution >= 0.6 is 31.9 Å². The molecule has 0 amide bonds. The van der Waals surface area contributed by atoms with Gasteiger partial charge in [0.05, 0.1) is 11.7 Å². The fourth-order valence-electron chi connectivity index (χ4n) is 3.06. The Morgan fingerprint density at radius 1 is 1.30 bits per heavy atom. The Hall–Kier alpha value is 0.0700. The van der Waals surface area contributed by atoms with Crippen molar-refractivity contribution in [2.24, 2.45) is 11.8 Å². The van der Waals surface area contributed by atoms with Gasteiger partial charge in [-0.25, -0.2) is 0 Å². The van der Waals surface area contributed by atoms with Gasteiger partial charge in [0.1, 0.15) is 0 Å². The van der Waals surface area contributed by atoms with Crippen LogP contribution in [0.1, 0.15) is 57.7 Å². The first-order valence-corrected chi connectivity index (χ1v) is 9.24. The van der Waals surface area contributed by atoms with Gasteiger partial charge in [0.25, 0.3) is 0 Å². The second kappa shape index (κ2) is 7.90. The Balaban J connectivity index is 2.17. The maximum absolute atomic E-state index is 4.67. The number of nitrogens with one attached hydrogen (secondary N) is 1. The summed E-state index contributed by atoms with van der Waals surface area (Å²) in [5.41, 5.74) is 1.17. The van der Waals surface area contributed by atoms with Crippen molar-refractivity contribution in [3.05, 3.63) is 26.9 Å². The van der Waals surface area contributed by atoms with Crippen molar-refractivity contribution in [3.63, 3.8) is 0 Å². The van der Waals surface area contributed by atoms with Gasteiger partial charge >= 0.3 is 0 Å². The summed E-state index contributed by atoms with van der Waals surface area (Å²) in [5, 5.41) is 3.72. The molecule has 20 heavy (non-hydrogen) atoms. The zero-order valence-corrected chi connectivity index (χ0v) is 15.5. The van der Waals surface area contributed by atoms with Crippen molar-refractivity contribution in [2.75, 3.05) is 6.54 Å². The number of rotatable bonds is 5. The molecule has 0 bridgehead atoms. The number of halogens is 2. The molecule has 112 valence electrons. The molecule has 1 aromatic heterocycles. The molecule has 0 saturated heterocycles. The molecule has 0 spiro atoms. The minimum atomic E-state index is 0.380. The number of hydrogen-bond acceptors (Lipinski definition) is 2. The molecule has 1 N–H and O–H groups in total. The van der Waals surface area contributed by atoms with E-state index in [0.717, 1.165) is 27.8 Å². The second-order valence-corrected chi connectivity index (χ2v) is 7.74. The Labute approximate surface area is 139 Å². The minimum Gasteiger partial charge on any atom is -0.308 e. The van der Waals surface area contributed by atoms with E-state index < -0.39 is 0 Å². The largest absolute Gasteiger partial charge is 0.308 e. The monoisotopic (exact) mass is 402 g/mol. The predicted octanol–water partition coefficient (Wildman–Crippen LogP) is 5.47. The highest BCUT2D eigenvalue weighted by atomic mass is 79.9. The van der Waals surface area contributed by atoms with Gasteiger partial charge in [-0.05, 0) is 75.6 Å². The fraction of sp³-hybridized carbons (Fsp3) is 0.688. The highest BCUT2D eigenvalue weighted by Gasteiger charge is 2.29. The molecule has 0 aliphatic heterocycles. The Kier molecular flexibility index (Phi) is 6.50. The normalized spacial score (nSPS) is 24.6. The van der Waals surface area contributed by atoms with Crippen LogP contribution in [0.5, 0.6) is 0 Å². The molecular formula is C16H24Br2N2. The molecule has 4 heteroatoms. The van der Waals surface area contributed by atoms with Gasteiger partial charge in [0.15, 0.2) is 0 Å². The molecule has 1 unspecified atom stereocenters. The van der Waals surface area contributed by atoms with Gasteiger partial charge < -0.3 is 5.32 Å². The van der Waals surface area contributed by atoms with E-state index in [1.807, 2.05) is 6.20 Å². The van der Waals surface area contributed by atoms with Gasteiger partial charge in [0, 0.05) is 15.1 Å². The van der Waals surface area contributed by atoms with E-state index in [9.17, 15) is 0 Å². The van der Waals surface area contributed by atoms with E-state index in [-0.39, 0.29) is 0 Å². The van der Waals surface area contributed by atoms with Crippen LogP contribution in [0.3, 0.4) is 0 Å². The zero-order valence-electron chi connectivity index (χ0n) is 12.3. The third kappa shape index (κ3) is 4.28. The number of pyridine rings is 1. The summed E-state index contributed by atoms with van der Waals surface area (Å²) in [4.78, 5) is 4.67. The molecule has 1 aliphatic rings. The lowest BCUT2D eigenvalue weighted by Gasteiger charge is -2.33. The lowest BCUT2D eigenvalue weighted by Crippen LogP contribution is -2.32. The van der Waals surface area contributed by atoms with Crippen LogP contribution < -0.4 is 5.32 Å². The average Bonchev–Trinajstić information content (AvgIpc) is 2.42. The third-order valence-corrected chi connectivity index (χ3v) is 5.35. The van der Waals surface area contributed by atoms with E-state index in [4.69, 9.17) is 0 Å². The van der Waals surface area contributed by atoms with E-state index >= 15 is 0 Å². The van der Waals surface area contributed by atoms with E-state index in [1.54, 1.807) is 0 Å². The zero-order chi connectivity index (χ0) is 14.5. The summed E-state index contributed by atoms with van der Waals surface area (Å²) in [6.07, 6.45) is 8.39. The van der Waals surface area contributed by atoms with Crippen molar-refractivity contribution in [1.29, 1.82) is 0 Å². The smallest absolute Gasteiger partial charge is 0.0718 e. The number of hydrogen-bond donors (Lipinski definition) is 1. The standard InChI is InChI=1S/C16H24Br2N2/c1-3-8-19-15(12-6-4-11(2)5-7-12)16-14(18)9-13(17)10-20-16/h9-12,15,19H,3-8H2,1-2H3. The maximum Gasteiger partial charge on any atom is 0.0718 e. The highest BCUT2D eigenvalue weighted by Crippen LogP contribution is 2.38. The molecule has 1 heterocycles. The Morgan fingerprint density at radius 3 is 2.60 bits per heavy atom. The SMILES string of the molecule is CCCNC(c1ncc(Br)cc1Br)C1CCC(C)CC1. The molecule has 0 aromatic carbocycles. The van der Waals surface area contributed by atoms with Crippen LogP contribution in [-0.4, -0.2) is 11.5 Å². The van der Waals surface area contributed by atoms with Gasteiger partial charge in [-0.2, -0.15) is 0 Å². The Bertz CT molecular complexity index is 428. The third-order valence-electron chi connectivity index (χ3n) is 4.28. The topological polar surface area (TPSA) is 24.9 Å². The van der Waals surface area contributed by atoms with Crippen LogP contribution in [0.25, 0.3) is 0 Å². The first-order valence-electron chi connectivity index (χ1n) is 7.66. The number of nitrogens with zero attached hydrogens (tertiary/aromatic N) is 1. The lowest BCUT2D eigenvalue weighted by molar-refractivity contribution is 0.228. The molecule has 2 nitrogen and oxygen atoms in total. The van der Waals surface area contributed by atoms with Crippen LogP contribution in [0.15, 0.2) is 21.2 Å². The van der Waals surface area contributed by atoms with Crippen LogP contribution in [0, 0.1) is 11.8 Å². The van der Waals surface area contributed by atoms with Crippen LogP contribution in [-0.2, 0) is 0 Å². The van der Waals surface area contributed by atoms with Crippen molar-refractivity contribution in [2.45, 2.75) is 52.0 Å². The van der Waals surface area contributed by atoms with Gasteiger partial charge in [-0.3, -0.25) is 4.98 Å². The number of aromatic nitrogens is 1. The highest BCUT2D eigenvalue weighted by molar-refractivity contribution is 9.11. The van der Waals surface area contributed by atoms with Crippen molar-refractivity contribution >= 4 is 31.9 Å². The summed E-state index contributed by atoms with van der Waals surface area (Å²) >= 11 is 7.17. The second-order valence-electron chi connectivity index (χ2n) is 5.97.